The maximum absolute atomic E-state index is 12.9. The van der Waals surface area contributed by atoms with E-state index in [0.717, 1.165) is 6.42 Å². The van der Waals surface area contributed by atoms with Gasteiger partial charge in [0.2, 0.25) is 0 Å². The topological polar surface area (TPSA) is 49.4 Å². The lowest BCUT2D eigenvalue weighted by Gasteiger charge is -2.29. The molecular weight excluding hydrogens is 360 g/mol. The van der Waals surface area contributed by atoms with Crippen LogP contribution in [0.15, 0.2) is 91.0 Å². The molecule has 1 N–H and O–H groups in total. The zero-order chi connectivity index (χ0) is 20.5. The second kappa shape index (κ2) is 10.2. The van der Waals surface area contributed by atoms with Crippen LogP contribution in [0, 0.1) is 0 Å². The summed E-state index contributed by atoms with van der Waals surface area (Å²) in [6.07, 6.45) is 1.40. The van der Waals surface area contributed by atoms with Crippen molar-refractivity contribution in [1.29, 1.82) is 0 Å². The molecule has 0 aliphatic heterocycles. The zero-order valence-corrected chi connectivity index (χ0v) is 16.6. The lowest BCUT2D eigenvalue weighted by molar-refractivity contribution is 0.0723. The minimum Gasteiger partial charge on any atom is -0.352 e. The molecule has 2 amide bonds. The monoisotopic (exact) mass is 386 g/mol. The SMILES string of the molecule is CN(C(=O)c1ccccc1)[C@@H](CCNC(=O)c1ccccc1)Cc1ccccc1. The molecule has 0 aliphatic carbocycles. The predicted molar refractivity (Wildman–Crippen MR) is 116 cm³/mol. The first-order valence-corrected chi connectivity index (χ1v) is 9.84. The van der Waals surface area contributed by atoms with Crippen LogP contribution in [0.4, 0.5) is 0 Å². The summed E-state index contributed by atoms with van der Waals surface area (Å²) in [4.78, 5) is 27.0. The van der Waals surface area contributed by atoms with Crippen LogP contribution >= 0.6 is 0 Å². The third kappa shape index (κ3) is 5.79. The van der Waals surface area contributed by atoms with Gasteiger partial charge < -0.3 is 10.2 Å². The van der Waals surface area contributed by atoms with Gasteiger partial charge in [0.15, 0.2) is 0 Å². The Kier molecular flexibility index (Phi) is 7.17. The average molecular weight is 386 g/mol. The molecule has 4 nitrogen and oxygen atoms in total. The lowest BCUT2D eigenvalue weighted by Crippen LogP contribution is -2.41. The molecule has 0 heterocycles. The van der Waals surface area contributed by atoms with E-state index in [9.17, 15) is 9.59 Å². The van der Waals surface area contributed by atoms with Crippen LogP contribution in [-0.4, -0.2) is 36.3 Å². The van der Waals surface area contributed by atoms with Gasteiger partial charge in [-0.25, -0.2) is 0 Å². The van der Waals surface area contributed by atoms with Crippen molar-refractivity contribution in [2.24, 2.45) is 0 Å². The molecule has 0 fully saturated rings. The van der Waals surface area contributed by atoms with Crippen LogP contribution in [0.2, 0.25) is 0 Å². The molecule has 0 saturated heterocycles. The second-order valence-corrected chi connectivity index (χ2v) is 7.04. The lowest BCUT2D eigenvalue weighted by atomic mass is 10.0. The Balaban J connectivity index is 1.67. The molecule has 0 saturated carbocycles. The first-order chi connectivity index (χ1) is 14.1. The number of likely N-dealkylation sites (N-methyl/N-ethyl adjacent to an activating group) is 1. The van der Waals surface area contributed by atoms with E-state index in [4.69, 9.17) is 0 Å². The Hall–Kier alpha value is -3.40. The third-order valence-corrected chi connectivity index (χ3v) is 5.00. The predicted octanol–water partition coefficient (Wildman–Crippen LogP) is 4.19. The molecule has 1 atom stereocenters. The van der Waals surface area contributed by atoms with Crippen molar-refractivity contribution >= 4 is 11.8 Å². The van der Waals surface area contributed by atoms with Gasteiger partial charge in [-0.1, -0.05) is 66.7 Å². The molecule has 3 rings (SSSR count). The van der Waals surface area contributed by atoms with E-state index in [0.29, 0.717) is 24.1 Å². The van der Waals surface area contributed by atoms with Crippen molar-refractivity contribution in [2.45, 2.75) is 18.9 Å². The number of benzene rings is 3. The molecule has 148 valence electrons. The molecule has 0 spiro atoms. The molecule has 3 aromatic carbocycles. The second-order valence-electron chi connectivity index (χ2n) is 7.04. The number of rotatable bonds is 8. The van der Waals surface area contributed by atoms with E-state index >= 15 is 0 Å². The minimum absolute atomic E-state index is 0.0130. The maximum atomic E-state index is 12.9. The summed E-state index contributed by atoms with van der Waals surface area (Å²) >= 11 is 0. The van der Waals surface area contributed by atoms with Gasteiger partial charge in [-0.3, -0.25) is 9.59 Å². The van der Waals surface area contributed by atoms with Gasteiger partial charge in [-0.15, -0.1) is 0 Å². The molecular formula is C25H26N2O2. The Morgan fingerprint density at radius 2 is 1.31 bits per heavy atom. The van der Waals surface area contributed by atoms with Gasteiger partial charge in [0, 0.05) is 30.8 Å². The highest BCUT2D eigenvalue weighted by molar-refractivity contribution is 5.94. The van der Waals surface area contributed by atoms with Gasteiger partial charge in [0.1, 0.15) is 0 Å². The van der Waals surface area contributed by atoms with E-state index < -0.39 is 0 Å². The first kappa shape index (κ1) is 20.3. The van der Waals surface area contributed by atoms with Crippen LogP contribution in [0.5, 0.6) is 0 Å². The summed E-state index contributed by atoms with van der Waals surface area (Å²) in [5.74, 6) is -0.109. The molecule has 4 heteroatoms. The molecule has 0 aromatic heterocycles. The van der Waals surface area contributed by atoms with Gasteiger partial charge >= 0.3 is 0 Å². The number of carbonyl (C=O) groups excluding carboxylic acids is 2. The number of amides is 2. The third-order valence-electron chi connectivity index (χ3n) is 5.00. The van der Waals surface area contributed by atoms with Crippen LogP contribution in [-0.2, 0) is 6.42 Å². The van der Waals surface area contributed by atoms with Gasteiger partial charge in [-0.05, 0) is 42.7 Å². The van der Waals surface area contributed by atoms with Crippen molar-refractivity contribution in [3.8, 4) is 0 Å². The summed E-state index contributed by atoms with van der Waals surface area (Å²) in [5.41, 5.74) is 2.47. The zero-order valence-electron chi connectivity index (χ0n) is 16.6. The van der Waals surface area contributed by atoms with Crippen LogP contribution in [0.25, 0.3) is 0 Å². The highest BCUT2D eigenvalue weighted by atomic mass is 16.2. The Bertz CT molecular complexity index is 911. The standard InChI is InChI=1S/C25H26N2O2/c1-27(25(29)22-15-9-4-10-16-22)23(19-20-11-5-2-6-12-20)17-18-26-24(28)21-13-7-3-8-14-21/h2-16,23H,17-19H2,1H3,(H,26,28)/t23-/m0/s1. The largest absolute Gasteiger partial charge is 0.352 e. The Morgan fingerprint density at radius 3 is 1.90 bits per heavy atom. The number of nitrogens with zero attached hydrogens (tertiary/aromatic N) is 1. The summed E-state index contributed by atoms with van der Waals surface area (Å²) in [6, 6.07) is 28.6. The first-order valence-electron chi connectivity index (χ1n) is 9.84. The molecule has 0 radical (unpaired) electrons. The van der Waals surface area contributed by atoms with E-state index in [1.807, 2.05) is 73.8 Å². The minimum atomic E-state index is -0.0962. The van der Waals surface area contributed by atoms with Crippen molar-refractivity contribution < 1.29 is 9.59 Å². The molecule has 3 aromatic rings. The number of carbonyl (C=O) groups is 2. The van der Waals surface area contributed by atoms with E-state index in [1.165, 1.54) is 5.56 Å². The fourth-order valence-corrected chi connectivity index (χ4v) is 3.31. The van der Waals surface area contributed by atoms with E-state index in [2.05, 4.69) is 17.4 Å². The summed E-state index contributed by atoms with van der Waals surface area (Å²) < 4.78 is 0. The number of hydrogen-bond donors (Lipinski definition) is 1. The van der Waals surface area contributed by atoms with Gasteiger partial charge in [-0.2, -0.15) is 0 Å². The van der Waals surface area contributed by atoms with Crippen molar-refractivity contribution in [1.82, 2.24) is 10.2 Å². The maximum Gasteiger partial charge on any atom is 0.253 e. The molecule has 0 aliphatic rings. The normalized spacial score (nSPS) is 11.5. The summed E-state index contributed by atoms with van der Waals surface area (Å²) in [6.45, 7) is 0.498. The summed E-state index contributed by atoms with van der Waals surface area (Å²) in [7, 11) is 1.84. The highest BCUT2D eigenvalue weighted by Gasteiger charge is 2.21. The Labute approximate surface area is 172 Å². The molecule has 0 unspecified atom stereocenters. The molecule has 29 heavy (non-hydrogen) atoms. The van der Waals surface area contributed by atoms with Crippen molar-refractivity contribution in [3.05, 3.63) is 108 Å². The molecule has 0 bridgehead atoms. The number of nitrogens with one attached hydrogen (secondary N) is 1. The quantitative estimate of drug-likeness (QED) is 0.631. The van der Waals surface area contributed by atoms with Crippen molar-refractivity contribution in [2.75, 3.05) is 13.6 Å². The summed E-state index contributed by atoms with van der Waals surface area (Å²) in [5, 5.41) is 2.97. The van der Waals surface area contributed by atoms with E-state index in [-0.39, 0.29) is 17.9 Å². The van der Waals surface area contributed by atoms with Crippen LogP contribution in [0.3, 0.4) is 0 Å². The number of hydrogen-bond acceptors (Lipinski definition) is 2. The fraction of sp³-hybridized carbons (Fsp3) is 0.200. The van der Waals surface area contributed by atoms with Gasteiger partial charge in [0.25, 0.3) is 11.8 Å². The van der Waals surface area contributed by atoms with Crippen LogP contribution < -0.4 is 5.32 Å². The smallest absolute Gasteiger partial charge is 0.253 e. The van der Waals surface area contributed by atoms with Crippen LogP contribution in [0.1, 0.15) is 32.7 Å². The van der Waals surface area contributed by atoms with Crippen molar-refractivity contribution in [3.63, 3.8) is 0 Å². The highest BCUT2D eigenvalue weighted by Crippen LogP contribution is 2.14. The fourth-order valence-electron chi connectivity index (χ4n) is 3.31. The average Bonchev–Trinajstić information content (AvgIpc) is 2.79. The Morgan fingerprint density at radius 1 is 0.793 bits per heavy atom. The van der Waals surface area contributed by atoms with E-state index in [1.54, 1.807) is 17.0 Å². The van der Waals surface area contributed by atoms with Gasteiger partial charge in [0.05, 0.1) is 0 Å².